The number of aliphatic hydroxyl groups is 2. The Labute approximate surface area is 185 Å². The molecule has 4 aliphatic rings. The van der Waals surface area contributed by atoms with Crippen LogP contribution in [-0.2, 0) is 0 Å². The van der Waals surface area contributed by atoms with Crippen LogP contribution in [0.5, 0.6) is 0 Å². The Morgan fingerprint density at radius 1 is 1.00 bits per heavy atom. The van der Waals surface area contributed by atoms with E-state index < -0.39 is 0 Å². The molecule has 0 spiro atoms. The lowest BCUT2D eigenvalue weighted by Crippen LogP contribution is -2.56. The number of aliphatic hydroxyl groups excluding tert-OH is 2. The van der Waals surface area contributed by atoms with E-state index in [-0.39, 0.29) is 23.0 Å². The quantitative estimate of drug-likeness (QED) is 0.495. The summed E-state index contributed by atoms with van der Waals surface area (Å²) in [6, 6.07) is 0. The van der Waals surface area contributed by atoms with Gasteiger partial charge in [-0.1, -0.05) is 66.0 Å². The lowest BCUT2D eigenvalue weighted by molar-refractivity contribution is -0.136. The molecule has 3 saturated carbocycles. The molecule has 4 aliphatic carbocycles. The maximum absolute atomic E-state index is 11.7. The van der Waals surface area contributed by atoms with Crippen molar-refractivity contribution in [1.82, 2.24) is 0 Å². The predicted octanol–water partition coefficient (Wildman–Crippen LogP) is 6.61. The largest absolute Gasteiger partial charge is 0.393 e. The molecule has 0 aromatic heterocycles. The van der Waals surface area contributed by atoms with Crippen LogP contribution in [0.2, 0.25) is 0 Å². The molecular formula is C28H48O2. The van der Waals surface area contributed by atoms with Crippen molar-refractivity contribution in [3.05, 3.63) is 11.6 Å². The molecule has 3 fully saturated rings. The predicted molar refractivity (Wildman–Crippen MR) is 125 cm³/mol. The molecule has 2 nitrogen and oxygen atoms in total. The Balaban J connectivity index is 1.54. The first-order valence-corrected chi connectivity index (χ1v) is 13.1. The van der Waals surface area contributed by atoms with Crippen molar-refractivity contribution in [2.45, 2.75) is 112 Å². The summed E-state index contributed by atoms with van der Waals surface area (Å²) in [5.74, 6) is 4.95. The van der Waals surface area contributed by atoms with E-state index in [1.165, 1.54) is 37.7 Å². The monoisotopic (exact) mass is 416 g/mol. The summed E-state index contributed by atoms with van der Waals surface area (Å²) in [4.78, 5) is 0. The van der Waals surface area contributed by atoms with E-state index in [0.717, 1.165) is 43.4 Å². The smallest absolute Gasteiger partial charge is 0.0602 e. The molecule has 0 radical (unpaired) electrons. The average Bonchev–Trinajstić information content (AvgIpc) is 3.06. The van der Waals surface area contributed by atoms with Gasteiger partial charge in [0, 0.05) is 0 Å². The molecule has 2 N–H and O–H groups in total. The first kappa shape index (κ1) is 22.8. The number of rotatable bonds is 5. The van der Waals surface area contributed by atoms with Gasteiger partial charge < -0.3 is 10.2 Å². The van der Waals surface area contributed by atoms with E-state index >= 15 is 0 Å². The van der Waals surface area contributed by atoms with Crippen molar-refractivity contribution in [3.63, 3.8) is 0 Å². The van der Waals surface area contributed by atoms with E-state index in [1.807, 2.05) is 0 Å². The zero-order valence-electron chi connectivity index (χ0n) is 20.5. The fourth-order valence-electron chi connectivity index (χ4n) is 8.63. The molecule has 0 heterocycles. The number of fused-ring (bicyclic) bond motifs is 5. The SMILES string of the molecule is CC(C)[C@@H](C)CC[C@@H](C)[C@H]1CC[C@H]2[C@@H]3CC=C4C[C@@H](O)CC[C@]4(C)[C@H]3C[C@H](O)[C@]12C. The van der Waals surface area contributed by atoms with Crippen LogP contribution >= 0.6 is 0 Å². The van der Waals surface area contributed by atoms with Gasteiger partial charge in [-0.2, -0.15) is 0 Å². The minimum absolute atomic E-state index is 0.0948. The molecule has 0 amide bonds. The average molecular weight is 417 g/mol. The summed E-state index contributed by atoms with van der Waals surface area (Å²) in [5, 5.41) is 21.9. The van der Waals surface area contributed by atoms with E-state index in [9.17, 15) is 10.2 Å². The summed E-state index contributed by atoms with van der Waals surface area (Å²) < 4.78 is 0. The summed E-state index contributed by atoms with van der Waals surface area (Å²) in [5.41, 5.74) is 1.81. The van der Waals surface area contributed by atoms with Crippen LogP contribution in [-0.4, -0.2) is 22.4 Å². The van der Waals surface area contributed by atoms with E-state index in [1.54, 1.807) is 0 Å². The maximum Gasteiger partial charge on any atom is 0.0602 e. The summed E-state index contributed by atoms with van der Waals surface area (Å²) in [6.07, 6.45) is 12.5. The van der Waals surface area contributed by atoms with Crippen LogP contribution in [0.1, 0.15) is 99.3 Å². The molecule has 0 saturated heterocycles. The molecule has 4 rings (SSSR count). The Morgan fingerprint density at radius 2 is 1.73 bits per heavy atom. The summed E-state index contributed by atoms with van der Waals surface area (Å²) in [7, 11) is 0. The fraction of sp³-hybridized carbons (Fsp3) is 0.929. The second kappa shape index (κ2) is 8.22. The summed E-state index contributed by atoms with van der Waals surface area (Å²) >= 11 is 0. The van der Waals surface area contributed by atoms with E-state index in [2.05, 4.69) is 47.6 Å². The van der Waals surface area contributed by atoms with Crippen LogP contribution in [0.3, 0.4) is 0 Å². The van der Waals surface area contributed by atoms with Crippen molar-refractivity contribution >= 4 is 0 Å². The van der Waals surface area contributed by atoms with Gasteiger partial charge in [0.15, 0.2) is 0 Å². The highest BCUT2D eigenvalue weighted by atomic mass is 16.3. The van der Waals surface area contributed by atoms with Crippen molar-refractivity contribution in [1.29, 1.82) is 0 Å². The fourth-order valence-corrected chi connectivity index (χ4v) is 8.63. The zero-order chi connectivity index (χ0) is 21.8. The van der Waals surface area contributed by atoms with E-state index in [4.69, 9.17) is 0 Å². The van der Waals surface area contributed by atoms with Crippen molar-refractivity contribution in [2.24, 2.45) is 52.3 Å². The zero-order valence-corrected chi connectivity index (χ0v) is 20.5. The molecule has 0 aromatic carbocycles. The molecular weight excluding hydrogens is 368 g/mol. The minimum Gasteiger partial charge on any atom is -0.393 e. The first-order valence-electron chi connectivity index (χ1n) is 13.1. The van der Waals surface area contributed by atoms with Crippen LogP contribution in [0, 0.1) is 52.3 Å². The van der Waals surface area contributed by atoms with Gasteiger partial charge in [0.2, 0.25) is 0 Å². The normalized spacial score (nSPS) is 47.8. The van der Waals surface area contributed by atoms with Gasteiger partial charge in [-0.05, 0) is 97.2 Å². The van der Waals surface area contributed by atoms with Crippen LogP contribution in [0.25, 0.3) is 0 Å². The Hall–Kier alpha value is -0.340. The Kier molecular flexibility index (Phi) is 6.26. The molecule has 30 heavy (non-hydrogen) atoms. The van der Waals surface area contributed by atoms with Crippen LogP contribution < -0.4 is 0 Å². The van der Waals surface area contributed by atoms with Crippen molar-refractivity contribution < 1.29 is 10.2 Å². The van der Waals surface area contributed by atoms with Gasteiger partial charge in [-0.3, -0.25) is 0 Å². The van der Waals surface area contributed by atoms with Crippen LogP contribution in [0.15, 0.2) is 11.6 Å². The molecule has 0 aliphatic heterocycles. The molecule has 0 bridgehead atoms. The third-order valence-electron chi connectivity index (χ3n) is 11.2. The van der Waals surface area contributed by atoms with Crippen LogP contribution in [0.4, 0.5) is 0 Å². The second-order valence-corrected chi connectivity index (χ2v) is 12.7. The van der Waals surface area contributed by atoms with Crippen molar-refractivity contribution in [2.75, 3.05) is 0 Å². The van der Waals surface area contributed by atoms with Gasteiger partial charge in [-0.15, -0.1) is 0 Å². The highest BCUT2D eigenvalue weighted by Gasteiger charge is 2.62. The first-order chi connectivity index (χ1) is 14.1. The highest BCUT2D eigenvalue weighted by molar-refractivity contribution is 5.26. The van der Waals surface area contributed by atoms with Gasteiger partial charge in [-0.25, -0.2) is 0 Å². The maximum atomic E-state index is 11.7. The van der Waals surface area contributed by atoms with E-state index in [0.29, 0.717) is 23.7 Å². The van der Waals surface area contributed by atoms with Crippen molar-refractivity contribution in [3.8, 4) is 0 Å². The second-order valence-electron chi connectivity index (χ2n) is 12.7. The number of hydrogen-bond donors (Lipinski definition) is 2. The van der Waals surface area contributed by atoms with Gasteiger partial charge >= 0.3 is 0 Å². The lowest BCUT2D eigenvalue weighted by Gasteiger charge is -2.60. The molecule has 2 heteroatoms. The number of allylic oxidation sites excluding steroid dienone is 1. The highest BCUT2D eigenvalue weighted by Crippen LogP contribution is 2.67. The van der Waals surface area contributed by atoms with Gasteiger partial charge in [0.05, 0.1) is 12.2 Å². The third-order valence-corrected chi connectivity index (χ3v) is 11.2. The topological polar surface area (TPSA) is 40.5 Å². The molecule has 0 aromatic rings. The van der Waals surface area contributed by atoms with Gasteiger partial charge in [0.25, 0.3) is 0 Å². The molecule has 172 valence electrons. The molecule has 10 atom stereocenters. The molecule has 0 unspecified atom stereocenters. The Morgan fingerprint density at radius 3 is 2.43 bits per heavy atom. The third kappa shape index (κ3) is 3.53. The number of hydrogen-bond acceptors (Lipinski definition) is 2. The standard InChI is InChI=1S/C28H48O2/c1-17(2)18(3)7-8-19(4)23-11-12-24-22-10-9-20-15-21(29)13-14-27(20,5)25(22)16-26(30)28(23,24)6/h9,17-19,21-26,29-30H,7-8,10-16H2,1-6H3/t18-,19+,21-,22-,23+,24-,25-,26-,27-,28+/m0/s1. The Bertz CT molecular complexity index is 653. The minimum atomic E-state index is -0.163. The lowest BCUT2D eigenvalue weighted by atomic mass is 9.46. The summed E-state index contributed by atoms with van der Waals surface area (Å²) in [6.45, 7) is 14.5. The van der Waals surface area contributed by atoms with Gasteiger partial charge in [0.1, 0.15) is 0 Å².